The summed E-state index contributed by atoms with van der Waals surface area (Å²) in [6, 6.07) is 6.85. The van der Waals surface area contributed by atoms with Gasteiger partial charge >= 0.3 is 0 Å². The van der Waals surface area contributed by atoms with E-state index in [0.717, 1.165) is 38.3 Å². The largest absolute Gasteiger partial charge is 0.508 e. The number of likely N-dealkylation sites (tertiary alicyclic amines) is 1. The van der Waals surface area contributed by atoms with Gasteiger partial charge in [0.1, 0.15) is 5.75 Å². The molecular weight excluding hydrogens is 464 g/mol. The first-order chi connectivity index (χ1) is 18.0. The van der Waals surface area contributed by atoms with Crippen molar-refractivity contribution in [2.24, 2.45) is 28.6 Å². The molecule has 3 aliphatic heterocycles. The van der Waals surface area contributed by atoms with Crippen molar-refractivity contribution in [3.8, 4) is 5.75 Å². The third-order valence-corrected chi connectivity index (χ3v) is 12.4. The summed E-state index contributed by atoms with van der Waals surface area (Å²) in [5.74, 6) is 2.06. The van der Waals surface area contributed by atoms with Crippen molar-refractivity contribution in [2.45, 2.75) is 68.9 Å². The minimum Gasteiger partial charge on any atom is -0.508 e. The number of nitrogens with zero attached hydrogens (tertiary/aromatic N) is 3. The zero-order chi connectivity index (χ0) is 24.7. The van der Waals surface area contributed by atoms with E-state index in [1.165, 1.54) is 62.2 Å². The molecule has 7 nitrogen and oxygen atoms in total. The molecule has 0 radical (unpaired) electrons. The van der Waals surface area contributed by atoms with E-state index in [-0.39, 0.29) is 33.9 Å². The first-order valence-electron chi connectivity index (χ1n) is 14.4. The van der Waals surface area contributed by atoms with Crippen LogP contribution in [0.5, 0.6) is 5.75 Å². The quantitative estimate of drug-likeness (QED) is 0.679. The fourth-order valence-electron chi connectivity index (χ4n) is 11.3. The smallest absolute Gasteiger partial charge is 0.279 e. The van der Waals surface area contributed by atoms with E-state index in [9.17, 15) is 14.7 Å². The summed E-state index contributed by atoms with van der Waals surface area (Å²) in [7, 11) is 0. The van der Waals surface area contributed by atoms with Crippen molar-refractivity contribution in [1.29, 1.82) is 0 Å². The molecule has 7 fully saturated rings. The second kappa shape index (κ2) is 6.66. The predicted octanol–water partition coefficient (Wildman–Crippen LogP) is 3.08. The lowest BCUT2D eigenvalue weighted by molar-refractivity contribution is -0.176. The Kier molecular flexibility index (Phi) is 3.83. The number of aromatic nitrogens is 2. The van der Waals surface area contributed by atoms with Gasteiger partial charge in [-0.25, -0.2) is 4.98 Å². The molecule has 1 aromatic heterocycles. The number of phenols is 1. The Morgan fingerprint density at radius 3 is 2.95 bits per heavy atom. The van der Waals surface area contributed by atoms with Gasteiger partial charge in [-0.1, -0.05) is 6.07 Å². The molecule has 7 unspecified atom stereocenters. The molecule has 2 spiro atoms. The van der Waals surface area contributed by atoms with Crippen LogP contribution >= 0.6 is 0 Å². The van der Waals surface area contributed by atoms with Crippen LogP contribution in [-0.2, 0) is 11.8 Å². The van der Waals surface area contributed by atoms with Crippen LogP contribution in [0.15, 0.2) is 35.4 Å². The van der Waals surface area contributed by atoms with Crippen molar-refractivity contribution in [3.63, 3.8) is 0 Å². The fraction of sp³-hybridized carbons (Fsp3) is 0.633. The minimum absolute atomic E-state index is 0.00121. The molecule has 8 aliphatic rings. The monoisotopic (exact) mass is 498 g/mol. The number of carbonyl (C=O) groups excluding carboxylic acids is 1. The zero-order valence-corrected chi connectivity index (χ0v) is 21.2. The molecule has 37 heavy (non-hydrogen) atoms. The SMILES string of the molecule is O=C(c1ncc[nH]c1=O)N1CC23CCC1C1C2CC2(C3)C3Cc4ccc(O)cc4C12CCN3CC1CC1. The van der Waals surface area contributed by atoms with Gasteiger partial charge in [0, 0.05) is 43.0 Å². The molecular formula is C30H34N4O3. The molecule has 10 rings (SSSR count). The highest BCUT2D eigenvalue weighted by Gasteiger charge is 2.82. The van der Waals surface area contributed by atoms with Crippen LogP contribution in [0.1, 0.15) is 66.6 Å². The zero-order valence-electron chi connectivity index (χ0n) is 21.2. The Morgan fingerprint density at radius 2 is 2.11 bits per heavy atom. The van der Waals surface area contributed by atoms with Crippen LogP contribution in [0, 0.1) is 28.6 Å². The van der Waals surface area contributed by atoms with Gasteiger partial charge in [0.15, 0.2) is 5.69 Å². The van der Waals surface area contributed by atoms with Crippen molar-refractivity contribution in [1.82, 2.24) is 19.8 Å². The predicted molar refractivity (Wildman–Crippen MR) is 136 cm³/mol. The van der Waals surface area contributed by atoms with Gasteiger partial charge in [0.25, 0.3) is 11.5 Å². The van der Waals surface area contributed by atoms with Crippen LogP contribution < -0.4 is 5.56 Å². The molecule has 7 atom stereocenters. The van der Waals surface area contributed by atoms with Crippen LogP contribution in [-0.4, -0.2) is 62.5 Å². The Balaban J connectivity index is 1.22. The minimum atomic E-state index is -0.392. The third-order valence-electron chi connectivity index (χ3n) is 12.4. The molecule has 6 bridgehead atoms. The van der Waals surface area contributed by atoms with Crippen LogP contribution in [0.25, 0.3) is 0 Å². The van der Waals surface area contributed by atoms with Crippen molar-refractivity contribution in [2.75, 3.05) is 19.6 Å². The summed E-state index contributed by atoms with van der Waals surface area (Å²) in [4.78, 5) is 38.2. The number of rotatable bonds is 3. The van der Waals surface area contributed by atoms with Gasteiger partial charge in [-0.3, -0.25) is 14.5 Å². The van der Waals surface area contributed by atoms with Gasteiger partial charge < -0.3 is 15.0 Å². The Labute approximate surface area is 216 Å². The number of phenolic OH excluding ortho intramolecular Hbond substituents is 1. The molecule has 1 amide bonds. The van der Waals surface area contributed by atoms with E-state index in [2.05, 4.69) is 31.9 Å². The number of fused-ring (bicyclic) bond motifs is 3. The number of hydrogen-bond acceptors (Lipinski definition) is 5. The average Bonchev–Trinajstić information content (AvgIpc) is 3.55. The molecule has 2 aromatic rings. The highest BCUT2D eigenvalue weighted by atomic mass is 16.3. The van der Waals surface area contributed by atoms with Gasteiger partial charge in [-0.15, -0.1) is 0 Å². The Bertz CT molecular complexity index is 1420. The highest BCUT2D eigenvalue weighted by Crippen LogP contribution is 2.83. The second-order valence-corrected chi connectivity index (χ2v) is 13.6. The molecule has 7 heteroatoms. The number of carbonyl (C=O) groups is 1. The van der Waals surface area contributed by atoms with Gasteiger partial charge in [0.2, 0.25) is 0 Å². The summed E-state index contributed by atoms with van der Waals surface area (Å²) in [5, 5.41) is 10.7. The van der Waals surface area contributed by atoms with E-state index in [4.69, 9.17) is 0 Å². The van der Waals surface area contributed by atoms with Crippen LogP contribution in [0.4, 0.5) is 0 Å². The molecule has 5 aliphatic carbocycles. The molecule has 2 N–H and O–H groups in total. The number of H-pyrrole nitrogens is 1. The number of aromatic hydroxyl groups is 1. The second-order valence-electron chi connectivity index (χ2n) is 13.6. The van der Waals surface area contributed by atoms with E-state index in [1.807, 2.05) is 6.07 Å². The van der Waals surface area contributed by atoms with Gasteiger partial charge in [-0.05, 0) is 110 Å². The maximum atomic E-state index is 13.9. The van der Waals surface area contributed by atoms with E-state index >= 15 is 0 Å². The van der Waals surface area contributed by atoms with Crippen molar-refractivity contribution >= 4 is 5.91 Å². The van der Waals surface area contributed by atoms with Crippen LogP contribution in [0.3, 0.4) is 0 Å². The maximum Gasteiger partial charge on any atom is 0.279 e. The lowest BCUT2D eigenvalue weighted by Crippen LogP contribution is -2.75. The van der Waals surface area contributed by atoms with Crippen molar-refractivity contribution in [3.05, 3.63) is 57.8 Å². The molecule has 4 heterocycles. The van der Waals surface area contributed by atoms with Crippen molar-refractivity contribution < 1.29 is 9.90 Å². The van der Waals surface area contributed by atoms with E-state index < -0.39 is 5.56 Å². The summed E-state index contributed by atoms with van der Waals surface area (Å²) in [5.41, 5.74) is 2.81. The molecule has 3 saturated heterocycles. The number of benzene rings is 1. The number of nitrogens with one attached hydrogen (secondary N) is 1. The molecule has 1 aromatic carbocycles. The lowest BCUT2D eigenvalue weighted by atomic mass is 9.38. The number of piperidine rings is 3. The van der Waals surface area contributed by atoms with Crippen LogP contribution in [0.2, 0.25) is 0 Å². The lowest BCUT2D eigenvalue weighted by Gasteiger charge is -2.72. The Hall–Kier alpha value is -2.67. The topological polar surface area (TPSA) is 89.5 Å². The van der Waals surface area contributed by atoms with E-state index in [1.54, 1.807) is 0 Å². The first kappa shape index (κ1) is 21.3. The normalized spacial score (nSPS) is 42.5. The fourth-order valence-corrected chi connectivity index (χ4v) is 11.3. The highest BCUT2D eigenvalue weighted by molar-refractivity contribution is 5.92. The van der Waals surface area contributed by atoms with Gasteiger partial charge in [-0.2, -0.15) is 0 Å². The molecule has 192 valence electrons. The number of hydrogen-bond donors (Lipinski definition) is 2. The Morgan fingerprint density at radius 1 is 1.22 bits per heavy atom. The summed E-state index contributed by atoms with van der Waals surface area (Å²) >= 11 is 0. The van der Waals surface area contributed by atoms with E-state index in [0.29, 0.717) is 23.6 Å². The number of aromatic amines is 1. The summed E-state index contributed by atoms with van der Waals surface area (Å²) < 4.78 is 0. The summed E-state index contributed by atoms with van der Waals surface area (Å²) in [6.07, 6.45) is 12.6. The molecule has 4 saturated carbocycles. The van der Waals surface area contributed by atoms with Gasteiger partial charge in [0.05, 0.1) is 0 Å². The standard InChI is InChI=1S/C30H34N4O3/c35-19-4-3-18-11-23-29-13-21-24(30(29,20(18)12-19)7-10-33(23)14-17-1-2-17)22-5-6-28(21,15-29)16-34(22)27(37)25-26(36)32-9-8-31-25/h3-4,8-9,12,17,21-24,35H,1-2,5-7,10-11,13-16H2,(H,32,36). The maximum absolute atomic E-state index is 13.9. The third kappa shape index (κ3) is 2.38. The first-order valence-corrected chi connectivity index (χ1v) is 14.4. The summed E-state index contributed by atoms with van der Waals surface area (Å²) in [6.45, 7) is 3.14. The average molecular weight is 499 g/mol. The number of amides is 1.